The van der Waals surface area contributed by atoms with Crippen LogP contribution in [0.3, 0.4) is 0 Å². The average molecular weight is 309 g/mol. The number of halogens is 2. The van der Waals surface area contributed by atoms with Gasteiger partial charge >= 0.3 is 5.97 Å². The number of carboxylic acids is 1. The molecule has 1 N–H and O–H groups in total. The number of hydrogen-bond donors (Lipinski definition) is 1. The average Bonchev–Trinajstić information content (AvgIpc) is 2.14. The maximum atomic E-state index is 13.0. The molecule has 0 spiro atoms. The minimum atomic E-state index is -1.55. The molecule has 2 unspecified atom stereocenters. The fourth-order valence-corrected chi connectivity index (χ4v) is 2.58. The maximum absolute atomic E-state index is 13.0. The van der Waals surface area contributed by atoms with Crippen LogP contribution in [0.1, 0.15) is 12.5 Å². The Bertz CT molecular complexity index is 416. The van der Waals surface area contributed by atoms with E-state index in [1.54, 1.807) is 6.07 Å². The summed E-state index contributed by atoms with van der Waals surface area (Å²) in [4.78, 5) is 10.6. The predicted molar refractivity (Wildman–Crippen MR) is 63.0 cm³/mol. The molecule has 0 aliphatic carbocycles. The van der Waals surface area contributed by atoms with Crippen molar-refractivity contribution < 1.29 is 18.5 Å². The third-order valence-electron chi connectivity index (χ3n) is 1.97. The SMILES string of the molecule is CC(C(=O)O)S(=O)Cc1cc(F)cc(Br)c1. The third-order valence-corrected chi connectivity index (χ3v) is 4.04. The van der Waals surface area contributed by atoms with Crippen LogP contribution < -0.4 is 0 Å². The van der Waals surface area contributed by atoms with Gasteiger partial charge in [0.25, 0.3) is 0 Å². The molecule has 88 valence electrons. The van der Waals surface area contributed by atoms with Crippen LogP contribution in [-0.2, 0) is 21.3 Å². The Morgan fingerprint density at radius 2 is 2.19 bits per heavy atom. The molecule has 16 heavy (non-hydrogen) atoms. The van der Waals surface area contributed by atoms with E-state index >= 15 is 0 Å². The molecule has 0 saturated carbocycles. The second-order valence-corrected chi connectivity index (χ2v) is 5.96. The second kappa shape index (κ2) is 5.54. The summed E-state index contributed by atoms with van der Waals surface area (Å²) in [5.74, 6) is -1.53. The van der Waals surface area contributed by atoms with Crippen LogP contribution in [0.4, 0.5) is 4.39 Å². The summed E-state index contributed by atoms with van der Waals surface area (Å²) in [7, 11) is -1.55. The Kier molecular flexibility index (Phi) is 4.61. The molecular weight excluding hydrogens is 299 g/mol. The monoisotopic (exact) mass is 308 g/mol. The van der Waals surface area contributed by atoms with Gasteiger partial charge in [0.2, 0.25) is 0 Å². The Balaban J connectivity index is 2.81. The van der Waals surface area contributed by atoms with Crippen molar-refractivity contribution in [3.8, 4) is 0 Å². The van der Waals surface area contributed by atoms with Gasteiger partial charge in [-0.3, -0.25) is 9.00 Å². The van der Waals surface area contributed by atoms with E-state index < -0.39 is 27.8 Å². The Morgan fingerprint density at radius 3 is 2.69 bits per heavy atom. The van der Waals surface area contributed by atoms with Crippen molar-refractivity contribution in [3.05, 3.63) is 34.1 Å². The van der Waals surface area contributed by atoms with Gasteiger partial charge in [0.15, 0.2) is 0 Å². The minimum Gasteiger partial charge on any atom is -0.480 e. The lowest BCUT2D eigenvalue weighted by molar-refractivity contribution is -0.136. The molecule has 0 aliphatic rings. The first-order valence-electron chi connectivity index (χ1n) is 4.45. The molecule has 1 aromatic rings. The minimum absolute atomic E-state index is 0.0316. The first-order chi connectivity index (χ1) is 7.40. The lowest BCUT2D eigenvalue weighted by Gasteiger charge is -2.07. The van der Waals surface area contributed by atoms with Crippen molar-refractivity contribution >= 4 is 32.7 Å². The number of carbonyl (C=O) groups is 1. The van der Waals surface area contributed by atoms with Crippen LogP contribution in [0.25, 0.3) is 0 Å². The molecule has 0 radical (unpaired) electrons. The molecule has 0 fully saturated rings. The van der Waals surface area contributed by atoms with Crippen LogP contribution in [0.5, 0.6) is 0 Å². The highest BCUT2D eigenvalue weighted by molar-refractivity contribution is 9.10. The summed E-state index contributed by atoms with van der Waals surface area (Å²) in [6.45, 7) is 1.37. The molecular formula is C10H10BrFO3S. The first kappa shape index (κ1) is 13.3. The predicted octanol–water partition coefficient (Wildman–Crippen LogP) is 2.31. The Hall–Kier alpha value is -0.750. The normalized spacial score (nSPS) is 14.4. The van der Waals surface area contributed by atoms with Crippen LogP contribution in [0.2, 0.25) is 0 Å². The van der Waals surface area contributed by atoms with Crippen LogP contribution in [0.15, 0.2) is 22.7 Å². The highest BCUT2D eigenvalue weighted by Crippen LogP contribution is 2.17. The zero-order valence-electron chi connectivity index (χ0n) is 8.44. The molecule has 0 bridgehead atoms. The highest BCUT2D eigenvalue weighted by atomic mass is 79.9. The van der Waals surface area contributed by atoms with E-state index in [1.807, 2.05) is 0 Å². The summed E-state index contributed by atoms with van der Waals surface area (Å²) >= 11 is 3.11. The van der Waals surface area contributed by atoms with Crippen LogP contribution in [0, 0.1) is 5.82 Å². The molecule has 0 saturated heterocycles. The van der Waals surface area contributed by atoms with Crippen molar-refractivity contribution in [2.75, 3.05) is 0 Å². The molecule has 0 aliphatic heterocycles. The summed E-state index contributed by atoms with van der Waals surface area (Å²) in [5, 5.41) is 7.71. The molecule has 2 atom stereocenters. The first-order valence-corrected chi connectivity index (χ1v) is 6.62. The highest BCUT2D eigenvalue weighted by Gasteiger charge is 2.19. The summed E-state index contributed by atoms with van der Waals surface area (Å²) in [6.07, 6.45) is 0. The molecule has 0 aromatic heterocycles. The lowest BCUT2D eigenvalue weighted by Crippen LogP contribution is -2.22. The quantitative estimate of drug-likeness (QED) is 0.928. The number of benzene rings is 1. The Morgan fingerprint density at radius 1 is 1.56 bits per heavy atom. The van der Waals surface area contributed by atoms with Crippen molar-refractivity contribution in [1.29, 1.82) is 0 Å². The fraction of sp³-hybridized carbons (Fsp3) is 0.300. The summed E-state index contributed by atoms with van der Waals surface area (Å²) < 4.78 is 25.1. The van der Waals surface area contributed by atoms with Gasteiger partial charge in [0.05, 0.1) is 0 Å². The van der Waals surface area contributed by atoms with E-state index in [-0.39, 0.29) is 5.75 Å². The van der Waals surface area contributed by atoms with Crippen molar-refractivity contribution in [3.63, 3.8) is 0 Å². The zero-order chi connectivity index (χ0) is 12.3. The van der Waals surface area contributed by atoms with E-state index in [9.17, 15) is 13.4 Å². The maximum Gasteiger partial charge on any atom is 0.318 e. The standard InChI is InChI=1S/C10H10BrFO3S/c1-6(10(13)14)16(15)5-7-2-8(11)4-9(12)3-7/h2-4,6H,5H2,1H3,(H,13,14). The van der Waals surface area contributed by atoms with Crippen LogP contribution >= 0.6 is 15.9 Å². The summed E-state index contributed by atoms with van der Waals surface area (Å²) in [5.41, 5.74) is 0.512. The third kappa shape index (κ3) is 3.68. The van der Waals surface area contributed by atoms with Gasteiger partial charge in [-0.25, -0.2) is 4.39 Å². The van der Waals surface area contributed by atoms with E-state index in [0.29, 0.717) is 10.0 Å². The number of hydrogen-bond acceptors (Lipinski definition) is 2. The topological polar surface area (TPSA) is 54.4 Å². The van der Waals surface area contributed by atoms with Crippen LogP contribution in [-0.4, -0.2) is 20.5 Å². The van der Waals surface area contributed by atoms with Gasteiger partial charge < -0.3 is 5.11 Å². The molecule has 3 nitrogen and oxygen atoms in total. The van der Waals surface area contributed by atoms with Gasteiger partial charge in [-0.2, -0.15) is 0 Å². The van der Waals surface area contributed by atoms with E-state index in [4.69, 9.17) is 5.11 Å². The van der Waals surface area contributed by atoms with Gasteiger partial charge in [0.1, 0.15) is 11.1 Å². The number of aliphatic carboxylic acids is 1. The smallest absolute Gasteiger partial charge is 0.318 e. The number of carboxylic acid groups (broad SMARTS) is 1. The summed E-state index contributed by atoms with van der Waals surface area (Å²) in [6, 6.07) is 4.15. The molecule has 1 rings (SSSR count). The molecule has 1 aromatic carbocycles. The Labute approximate surface area is 103 Å². The molecule has 6 heteroatoms. The van der Waals surface area contributed by atoms with E-state index in [2.05, 4.69) is 15.9 Å². The van der Waals surface area contributed by atoms with Crippen molar-refractivity contribution in [1.82, 2.24) is 0 Å². The zero-order valence-corrected chi connectivity index (χ0v) is 10.8. The second-order valence-electron chi connectivity index (χ2n) is 3.28. The molecule has 0 heterocycles. The van der Waals surface area contributed by atoms with Gasteiger partial charge in [-0.15, -0.1) is 0 Å². The van der Waals surface area contributed by atoms with Crippen molar-refractivity contribution in [2.45, 2.75) is 17.9 Å². The fourth-order valence-electron chi connectivity index (χ4n) is 1.10. The van der Waals surface area contributed by atoms with Gasteiger partial charge in [-0.1, -0.05) is 15.9 Å². The van der Waals surface area contributed by atoms with E-state index in [0.717, 1.165) is 0 Å². The van der Waals surface area contributed by atoms with Gasteiger partial charge in [0, 0.05) is 21.0 Å². The lowest BCUT2D eigenvalue weighted by atomic mass is 10.2. The largest absolute Gasteiger partial charge is 0.480 e. The van der Waals surface area contributed by atoms with Gasteiger partial charge in [-0.05, 0) is 30.7 Å². The van der Waals surface area contributed by atoms with Crippen molar-refractivity contribution in [2.24, 2.45) is 0 Å². The molecule has 0 amide bonds. The van der Waals surface area contributed by atoms with E-state index in [1.165, 1.54) is 19.1 Å². The number of rotatable bonds is 4.